The van der Waals surface area contributed by atoms with Crippen molar-refractivity contribution in [2.45, 2.75) is 57.7 Å². The molecule has 0 aromatic rings. The Bertz CT molecular complexity index is 231. The molecule has 1 fully saturated rings. The van der Waals surface area contributed by atoms with Gasteiger partial charge in [0.1, 0.15) is 0 Å². The molecule has 16 heavy (non-hydrogen) atoms. The van der Waals surface area contributed by atoms with E-state index in [4.69, 9.17) is 10.5 Å². The number of nitrogens with two attached hydrogens (primary N) is 1. The first kappa shape index (κ1) is 13.5. The summed E-state index contributed by atoms with van der Waals surface area (Å²) in [5.41, 5.74) is 5.82. The van der Waals surface area contributed by atoms with E-state index in [1.54, 1.807) is 7.11 Å². The Morgan fingerprint density at radius 2 is 2.19 bits per heavy atom. The van der Waals surface area contributed by atoms with E-state index in [1.807, 2.05) is 0 Å². The van der Waals surface area contributed by atoms with Crippen LogP contribution in [0.5, 0.6) is 0 Å². The second kappa shape index (κ2) is 6.21. The molecule has 3 unspecified atom stereocenters. The van der Waals surface area contributed by atoms with E-state index in [0.29, 0.717) is 12.0 Å². The van der Waals surface area contributed by atoms with Gasteiger partial charge in [-0.3, -0.25) is 4.79 Å². The predicted octanol–water partition coefficient (Wildman–Crippen LogP) is 1.04. The van der Waals surface area contributed by atoms with Crippen molar-refractivity contribution in [1.82, 2.24) is 5.32 Å². The van der Waals surface area contributed by atoms with Crippen LogP contribution in [0, 0.1) is 5.92 Å². The Morgan fingerprint density at radius 1 is 1.50 bits per heavy atom. The zero-order chi connectivity index (χ0) is 12.1. The van der Waals surface area contributed by atoms with Crippen molar-refractivity contribution in [2.24, 2.45) is 11.7 Å². The Kier molecular flexibility index (Phi) is 5.22. The van der Waals surface area contributed by atoms with Crippen molar-refractivity contribution in [3.63, 3.8) is 0 Å². The van der Waals surface area contributed by atoms with E-state index in [-0.39, 0.29) is 18.0 Å². The third-order valence-electron chi connectivity index (χ3n) is 3.13. The highest BCUT2D eigenvalue weighted by molar-refractivity contribution is 5.81. The molecule has 1 amide bonds. The van der Waals surface area contributed by atoms with Gasteiger partial charge in [0.25, 0.3) is 0 Å². The summed E-state index contributed by atoms with van der Waals surface area (Å²) in [5, 5.41) is 3.00. The highest BCUT2D eigenvalue weighted by atomic mass is 16.5. The summed E-state index contributed by atoms with van der Waals surface area (Å²) in [6.45, 7) is 4.15. The number of methoxy groups -OCH3 is 1. The van der Waals surface area contributed by atoms with Gasteiger partial charge in [-0.25, -0.2) is 0 Å². The molecule has 1 aliphatic rings. The van der Waals surface area contributed by atoms with Gasteiger partial charge in [0.15, 0.2) is 0 Å². The van der Waals surface area contributed by atoms with Gasteiger partial charge in [-0.2, -0.15) is 0 Å². The van der Waals surface area contributed by atoms with Crippen LogP contribution < -0.4 is 11.1 Å². The maximum atomic E-state index is 11.8. The molecule has 3 N–H and O–H groups in total. The van der Waals surface area contributed by atoms with Crippen LogP contribution in [0.1, 0.15) is 39.5 Å². The molecule has 3 atom stereocenters. The lowest BCUT2D eigenvalue weighted by Crippen LogP contribution is -2.45. The zero-order valence-electron chi connectivity index (χ0n) is 10.5. The van der Waals surface area contributed by atoms with Crippen LogP contribution in [0.25, 0.3) is 0 Å². The number of ether oxygens (including phenoxy) is 1. The molecule has 1 rings (SSSR count). The van der Waals surface area contributed by atoms with Crippen LogP contribution in [-0.4, -0.2) is 31.2 Å². The SMILES string of the molecule is COC1CCC(NC(=O)C(N)CC(C)C)C1. The minimum atomic E-state index is -0.374. The maximum absolute atomic E-state index is 11.8. The van der Waals surface area contributed by atoms with Gasteiger partial charge in [0.2, 0.25) is 5.91 Å². The van der Waals surface area contributed by atoms with Crippen molar-refractivity contribution < 1.29 is 9.53 Å². The highest BCUT2D eigenvalue weighted by Gasteiger charge is 2.27. The summed E-state index contributed by atoms with van der Waals surface area (Å²) < 4.78 is 5.27. The number of hydrogen-bond acceptors (Lipinski definition) is 3. The molecule has 1 saturated carbocycles. The Labute approximate surface area is 97.9 Å². The second-order valence-electron chi connectivity index (χ2n) is 5.11. The third kappa shape index (κ3) is 4.10. The smallest absolute Gasteiger partial charge is 0.237 e. The van der Waals surface area contributed by atoms with E-state index >= 15 is 0 Å². The van der Waals surface area contributed by atoms with Gasteiger partial charge in [-0.1, -0.05) is 13.8 Å². The number of nitrogens with one attached hydrogen (secondary N) is 1. The fourth-order valence-electron chi connectivity index (χ4n) is 2.21. The minimum Gasteiger partial charge on any atom is -0.381 e. The highest BCUT2D eigenvalue weighted by Crippen LogP contribution is 2.21. The Hall–Kier alpha value is -0.610. The lowest BCUT2D eigenvalue weighted by atomic mass is 10.0. The summed E-state index contributed by atoms with van der Waals surface area (Å²) in [5.74, 6) is 0.437. The zero-order valence-corrected chi connectivity index (χ0v) is 10.5. The number of amides is 1. The minimum absolute atomic E-state index is 0.0181. The van der Waals surface area contributed by atoms with E-state index in [0.717, 1.165) is 25.7 Å². The van der Waals surface area contributed by atoms with Crippen molar-refractivity contribution in [3.8, 4) is 0 Å². The molecule has 94 valence electrons. The topological polar surface area (TPSA) is 64.3 Å². The average Bonchev–Trinajstić information content (AvgIpc) is 2.64. The normalized spacial score (nSPS) is 27.1. The van der Waals surface area contributed by atoms with Gasteiger partial charge >= 0.3 is 0 Å². The predicted molar refractivity (Wildman–Crippen MR) is 64.0 cm³/mol. The molecule has 4 nitrogen and oxygen atoms in total. The van der Waals surface area contributed by atoms with Crippen molar-refractivity contribution in [2.75, 3.05) is 7.11 Å². The van der Waals surface area contributed by atoms with E-state index < -0.39 is 0 Å². The number of carbonyl (C=O) groups is 1. The molecular weight excluding hydrogens is 204 g/mol. The van der Waals surface area contributed by atoms with Crippen LogP contribution in [0.2, 0.25) is 0 Å². The van der Waals surface area contributed by atoms with Crippen molar-refractivity contribution >= 4 is 5.91 Å². The van der Waals surface area contributed by atoms with Gasteiger partial charge in [0, 0.05) is 13.2 Å². The van der Waals surface area contributed by atoms with Gasteiger partial charge < -0.3 is 15.8 Å². The standard InChI is InChI=1S/C12H24N2O2/c1-8(2)6-11(13)12(15)14-9-4-5-10(7-9)16-3/h8-11H,4-7,13H2,1-3H3,(H,14,15). The second-order valence-corrected chi connectivity index (χ2v) is 5.11. The molecule has 0 bridgehead atoms. The lowest BCUT2D eigenvalue weighted by Gasteiger charge is -2.18. The molecule has 0 heterocycles. The average molecular weight is 228 g/mol. The molecule has 0 saturated heterocycles. The summed E-state index contributed by atoms with van der Waals surface area (Å²) in [7, 11) is 1.72. The maximum Gasteiger partial charge on any atom is 0.237 e. The molecule has 0 radical (unpaired) electrons. The summed E-state index contributed by atoms with van der Waals surface area (Å²) in [6, 6.07) is -0.128. The molecule has 0 aromatic carbocycles. The molecule has 0 aliphatic heterocycles. The van der Waals surface area contributed by atoms with Crippen LogP contribution in [-0.2, 0) is 9.53 Å². The van der Waals surface area contributed by atoms with Gasteiger partial charge in [0.05, 0.1) is 12.1 Å². The van der Waals surface area contributed by atoms with E-state index in [9.17, 15) is 4.79 Å². The van der Waals surface area contributed by atoms with Crippen molar-refractivity contribution in [1.29, 1.82) is 0 Å². The fourth-order valence-corrected chi connectivity index (χ4v) is 2.21. The first-order chi connectivity index (χ1) is 7.52. The molecule has 0 aromatic heterocycles. The number of rotatable bonds is 5. The first-order valence-corrected chi connectivity index (χ1v) is 6.11. The lowest BCUT2D eigenvalue weighted by molar-refractivity contribution is -0.123. The summed E-state index contributed by atoms with van der Waals surface area (Å²) in [4.78, 5) is 11.8. The summed E-state index contributed by atoms with van der Waals surface area (Å²) in [6.07, 6.45) is 3.98. The van der Waals surface area contributed by atoms with Crippen LogP contribution in [0.4, 0.5) is 0 Å². The van der Waals surface area contributed by atoms with Crippen molar-refractivity contribution in [3.05, 3.63) is 0 Å². The monoisotopic (exact) mass is 228 g/mol. The van der Waals surface area contributed by atoms with Crippen LogP contribution in [0.3, 0.4) is 0 Å². The number of carbonyl (C=O) groups excluding carboxylic acids is 1. The number of hydrogen-bond donors (Lipinski definition) is 2. The van der Waals surface area contributed by atoms with E-state index in [2.05, 4.69) is 19.2 Å². The molecule has 1 aliphatic carbocycles. The van der Waals surface area contributed by atoms with Gasteiger partial charge in [-0.05, 0) is 31.6 Å². The first-order valence-electron chi connectivity index (χ1n) is 6.11. The van der Waals surface area contributed by atoms with Gasteiger partial charge in [-0.15, -0.1) is 0 Å². The van der Waals surface area contributed by atoms with E-state index in [1.165, 1.54) is 0 Å². The largest absolute Gasteiger partial charge is 0.381 e. The third-order valence-corrected chi connectivity index (χ3v) is 3.13. The van der Waals surface area contributed by atoms with Crippen LogP contribution >= 0.6 is 0 Å². The Morgan fingerprint density at radius 3 is 2.69 bits per heavy atom. The molecule has 4 heteroatoms. The quantitative estimate of drug-likeness (QED) is 0.739. The molecule has 0 spiro atoms. The fraction of sp³-hybridized carbons (Fsp3) is 0.917. The molecular formula is C12H24N2O2. The summed E-state index contributed by atoms with van der Waals surface area (Å²) >= 11 is 0. The van der Waals surface area contributed by atoms with Crippen LogP contribution in [0.15, 0.2) is 0 Å². The Balaban J connectivity index is 2.29.